The molecule has 412 valence electrons. The van der Waals surface area contributed by atoms with E-state index in [0.29, 0.717) is 0 Å². The number of rotatable bonds is 4. The van der Waals surface area contributed by atoms with Crippen molar-refractivity contribution in [3.8, 4) is 45.4 Å². The molecule has 19 aromatic rings. The summed E-state index contributed by atoms with van der Waals surface area (Å²) in [6, 6.07) is 89.9. The maximum atomic E-state index is 6.21. The highest BCUT2D eigenvalue weighted by Gasteiger charge is 2.39. The molecule has 0 saturated carbocycles. The average molecular weight is 1150 g/mol. The fraction of sp³-hybridized carbons (Fsp3) is 0.0380. The summed E-state index contributed by atoms with van der Waals surface area (Å²) in [7, 11) is 0. The molecule has 0 spiro atoms. The van der Waals surface area contributed by atoms with E-state index >= 15 is 0 Å². The van der Waals surface area contributed by atoms with Gasteiger partial charge in [-0.2, -0.15) is 0 Å². The fourth-order valence-corrected chi connectivity index (χ4v) is 15.2. The zero-order valence-corrected chi connectivity index (χ0v) is 48.5. The highest BCUT2D eigenvalue weighted by atomic mass is 32.1. The molecule has 0 saturated heterocycles. The molecule has 1 aliphatic carbocycles. The SMILES string of the molecule is CC1(C)c2ccccc2-c2nc(-n3c4ccccc4c4cc5ccccc5cc43)c(-c3ccc4oc5ccccc5c4c3)nc21.c1ccc2cc3c(cc2c1)c1ccccc1n3-c1nc2c(nc1-c1ccc3oc4ccccc4c3c1)sc1ccccc12. The van der Waals surface area contributed by atoms with Gasteiger partial charge < -0.3 is 8.83 Å². The number of furan rings is 2. The Morgan fingerprint density at radius 3 is 1.39 bits per heavy atom. The Labute approximate surface area is 506 Å². The molecule has 9 heteroatoms. The van der Waals surface area contributed by atoms with E-state index in [2.05, 4.69) is 254 Å². The predicted octanol–water partition coefficient (Wildman–Crippen LogP) is 21.3. The Morgan fingerprint density at radius 2 is 0.795 bits per heavy atom. The number of hydrogen-bond acceptors (Lipinski definition) is 7. The Balaban J connectivity index is 0.000000128. The zero-order valence-electron chi connectivity index (χ0n) is 47.7. The van der Waals surface area contributed by atoms with Gasteiger partial charge in [0, 0.05) is 75.3 Å². The molecule has 0 atom stereocenters. The molecule has 0 aliphatic heterocycles. The topological polar surface area (TPSA) is 87.7 Å². The van der Waals surface area contributed by atoms with Crippen LogP contribution in [0.2, 0.25) is 0 Å². The van der Waals surface area contributed by atoms with Gasteiger partial charge in [0.25, 0.3) is 0 Å². The number of benzene rings is 12. The van der Waals surface area contributed by atoms with Crippen LogP contribution in [0.1, 0.15) is 25.1 Å². The Hall–Kier alpha value is -11.3. The summed E-state index contributed by atoms with van der Waals surface area (Å²) < 4.78 is 18.2. The van der Waals surface area contributed by atoms with E-state index in [1.807, 2.05) is 24.3 Å². The molecular weight excluding hydrogens is 1100 g/mol. The third-order valence-corrected chi connectivity index (χ3v) is 19.4. The molecule has 0 amide bonds. The molecule has 0 fully saturated rings. The molecule has 7 heterocycles. The van der Waals surface area contributed by atoms with Crippen molar-refractivity contribution in [1.82, 2.24) is 29.1 Å². The lowest BCUT2D eigenvalue weighted by atomic mass is 9.85. The van der Waals surface area contributed by atoms with Crippen LogP contribution in [-0.2, 0) is 5.41 Å². The monoisotopic (exact) mass is 1140 g/mol. The predicted molar refractivity (Wildman–Crippen MR) is 364 cm³/mol. The van der Waals surface area contributed by atoms with Crippen molar-refractivity contribution in [3.63, 3.8) is 0 Å². The maximum absolute atomic E-state index is 6.21. The van der Waals surface area contributed by atoms with Gasteiger partial charge in [0.1, 0.15) is 44.1 Å². The zero-order chi connectivity index (χ0) is 57.9. The maximum Gasteiger partial charge on any atom is 0.165 e. The second kappa shape index (κ2) is 18.4. The van der Waals surface area contributed by atoms with Crippen molar-refractivity contribution in [2.24, 2.45) is 0 Å². The van der Waals surface area contributed by atoms with E-state index in [4.69, 9.17) is 28.8 Å². The Kier molecular flexibility index (Phi) is 10.2. The normalized spacial score (nSPS) is 13.0. The van der Waals surface area contributed by atoms with Gasteiger partial charge in [-0.05, 0) is 118 Å². The van der Waals surface area contributed by atoms with Gasteiger partial charge in [0.15, 0.2) is 11.6 Å². The summed E-state index contributed by atoms with van der Waals surface area (Å²) >= 11 is 1.69. The van der Waals surface area contributed by atoms with Crippen LogP contribution in [0, 0.1) is 0 Å². The van der Waals surface area contributed by atoms with Crippen LogP contribution in [0.25, 0.3) is 175 Å². The number of hydrogen-bond donors (Lipinski definition) is 0. The lowest BCUT2D eigenvalue weighted by Gasteiger charge is -2.21. The number of fused-ring (bicyclic) bond motifs is 20. The van der Waals surface area contributed by atoms with Crippen LogP contribution in [-0.4, -0.2) is 29.1 Å². The van der Waals surface area contributed by atoms with Gasteiger partial charge in [-0.25, -0.2) is 19.9 Å². The van der Waals surface area contributed by atoms with E-state index in [0.717, 1.165) is 133 Å². The molecule has 20 rings (SSSR count). The van der Waals surface area contributed by atoms with Crippen molar-refractivity contribution in [2.45, 2.75) is 19.3 Å². The first-order valence-electron chi connectivity index (χ1n) is 29.8. The van der Waals surface area contributed by atoms with Gasteiger partial charge in [-0.1, -0.05) is 178 Å². The number of nitrogens with zero attached hydrogens (tertiary/aromatic N) is 6. The van der Waals surface area contributed by atoms with Crippen molar-refractivity contribution >= 4 is 141 Å². The Morgan fingerprint density at radius 1 is 0.341 bits per heavy atom. The van der Waals surface area contributed by atoms with Crippen molar-refractivity contribution in [1.29, 1.82) is 0 Å². The smallest absolute Gasteiger partial charge is 0.165 e. The molecule has 0 unspecified atom stereocenters. The summed E-state index contributed by atoms with van der Waals surface area (Å²) in [4.78, 5) is 23.0. The molecular formula is C79H48N6O2S. The minimum atomic E-state index is -0.282. The van der Waals surface area contributed by atoms with Crippen LogP contribution < -0.4 is 0 Å². The summed E-state index contributed by atoms with van der Waals surface area (Å²) in [5.41, 5.74) is 16.7. The highest BCUT2D eigenvalue weighted by molar-refractivity contribution is 7.25. The molecule has 0 bridgehead atoms. The number of para-hydroxylation sites is 4. The van der Waals surface area contributed by atoms with Crippen LogP contribution in [0.4, 0.5) is 0 Å². The third-order valence-electron chi connectivity index (χ3n) is 18.3. The Bertz CT molecular complexity index is 6190. The quantitative estimate of drug-likeness (QED) is 0.174. The van der Waals surface area contributed by atoms with E-state index in [1.54, 1.807) is 11.3 Å². The van der Waals surface area contributed by atoms with Gasteiger partial charge in [-0.15, -0.1) is 11.3 Å². The summed E-state index contributed by atoms with van der Waals surface area (Å²) in [6.07, 6.45) is 0. The molecule has 1 aliphatic rings. The minimum absolute atomic E-state index is 0.282. The van der Waals surface area contributed by atoms with Crippen LogP contribution in [0.5, 0.6) is 0 Å². The third kappa shape index (κ3) is 7.13. The summed E-state index contributed by atoms with van der Waals surface area (Å²) in [6.45, 7) is 4.52. The van der Waals surface area contributed by atoms with Crippen LogP contribution >= 0.6 is 11.3 Å². The van der Waals surface area contributed by atoms with Crippen molar-refractivity contribution < 1.29 is 8.83 Å². The second-order valence-corrected chi connectivity index (χ2v) is 24.7. The minimum Gasteiger partial charge on any atom is -0.456 e. The van der Waals surface area contributed by atoms with E-state index in [1.165, 1.54) is 53.4 Å². The van der Waals surface area contributed by atoms with Crippen LogP contribution in [0.3, 0.4) is 0 Å². The van der Waals surface area contributed by atoms with Crippen molar-refractivity contribution in [3.05, 3.63) is 266 Å². The second-order valence-electron chi connectivity index (χ2n) is 23.7. The van der Waals surface area contributed by atoms with E-state index in [9.17, 15) is 0 Å². The lowest BCUT2D eigenvalue weighted by Crippen LogP contribution is -2.18. The summed E-state index contributed by atoms with van der Waals surface area (Å²) in [5.74, 6) is 1.65. The first-order valence-corrected chi connectivity index (χ1v) is 30.6. The molecule has 12 aromatic carbocycles. The number of aromatic nitrogens is 6. The van der Waals surface area contributed by atoms with Gasteiger partial charge in [-0.3, -0.25) is 9.13 Å². The van der Waals surface area contributed by atoms with Crippen molar-refractivity contribution in [2.75, 3.05) is 0 Å². The molecule has 88 heavy (non-hydrogen) atoms. The lowest BCUT2D eigenvalue weighted by molar-refractivity contribution is 0.635. The molecule has 8 nitrogen and oxygen atoms in total. The molecule has 7 aromatic heterocycles. The highest BCUT2D eigenvalue weighted by Crippen LogP contribution is 2.50. The summed E-state index contributed by atoms with van der Waals surface area (Å²) in [5, 5.41) is 15.1. The number of thiophene rings is 1. The molecule has 0 N–H and O–H groups in total. The van der Waals surface area contributed by atoms with Gasteiger partial charge >= 0.3 is 0 Å². The van der Waals surface area contributed by atoms with E-state index < -0.39 is 0 Å². The first-order chi connectivity index (χ1) is 43.4. The van der Waals surface area contributed by atoms with Gasteiger partial charge in [0.05, 0.1) is 33.5 Å². The molecule has 0 radical (unpaired) electrons. The first kappa shape index (κ1) is 49.0. The largest absolute Gasteiger partial charge is 0.456 e. The van der Waals surface area contributed by atoms with Gasteiger partial charge in [0.2, 0.25) is 0 Å². The van der Waals surface area contributed by atoms with E-state index in [-0.39, 0.29) is 5.41 Å². The van der Waals surface area contributed by atoms with Crippen LogP contribution in [0.15, 0.2) is 264 Å². The average Bonchev–Trinajstić information content (AvgIpc) is 1.67. The fourth-order valence-electron chi connectivity index (χ4n) is 14.1. The standard InChI is InChI=1S/C41H27N3O.C38H21N3OS/c1-41(2)32-16-8-5-15-29(32)38-39(41)42-37(26-19-20-36-31(22-26)28-14-7-10-18-35(28)45-36)40(43-38)44-33-17-9-6-13-27(33)30-21-24-11-3-4-12-25(24)23-34(30)44;1-2-10-23-21-31-28(19-22(23)9-1)25-11-3-6-14-30(25)41(31)37-35(40-38-36(39-37)27-13-5-8-16-34(27)43-38)24-17-18-33-29(20-24)26-12-4-7-15-32(26)42-33/h3-23H,1-2H3;1-21H.